The van der Waals surface area contributed by atoms with Crippen LogP contribution in [0.4, 0.5) is 18.9 Å². The van der Waals surface area contributed by atoms with E-state index < -0.39 is 22.7 Å². The van der Waals surface area contributed by atoms with Crippen molar-refractivity contribution in [1.82, 2.24) is 4.72 Å². The van der Waals surface area contributed by atoms with E-state index in [0.717, 1.165) is 43.4 Å². The van der Waals surface area contributed by atoms with Gasteiger partial charge >= 0.3 is 6.18 Å². The van der Waals surface area contributed by atoms with Gasteiger partial charge < -0.3 is 5.32 Å². The van der Waals surface area contributed by atoms with Crippen molar-refractivity contribution in [2.75, 3.05) is 11.9 Å². The summed E-state index contributed by atoms with van der Waals surface area (Å²) in [4.78, 5) is 12.1. The Morgan fingerprint density at radius 1 is 0.964 bits per heavy atom. The number of halogens is 3. The Labute approximate surface area is 161 Å². The minimum Gasteiger partial charge on any atom is -0.322 e. The average molecular weight is 412 g/mol. The molecule has 3 rings (SSSR count). The zero-order valence-electron chi connectivity index (χ0n) is 14.8. The molecule has 1 amide bonds. The van der Waals surface area contributed by atoms with Crippen LogP contribution in [0, 0.1) is 0 Å². The van der Waals surface area contributed by atoms with Crippen molar-refractivity contribution in [2.45, 2.75) is 36.8 Å². The van der Waals surface area contributed by atoms with Crippen LogP contribution >= 0.6 is 0 Å². The van der Waals surface area contributed by atoms with E-state index in [2.05, 4.69) is 5.32 Å². The van der Waals surface area contributed by atoms with Crippen LogP contribution in [0.25, 0.3) is 0 Å². The molecule has 5 nitrogen and oxygen atoms in total. The maximum absolute atomic E-state index is 12.4. The number of hydrogen-bond acceptors (Lipinski definition) is 3. The number of alkyl halides is 3. The number of hydrogen-bond donors (Lipinski definition) is 2. The summed E-state index contributed by atoms with van der Waals surface area (Å²) < 4.78 is 61.8. The van der Waals surface area contributed by atoms with Crippen molar-refractivity contribution in [2.24, 2.45) is 0 Å². The van der Waals surface area contributed by atoms with Crippen molar-refractivity contribution in [1.29, 1.82) is 0 Å². The first kappa shape index (κ1) is 20.3. The summed E-state index contributed by atoms with van der Waals surface area (Å²) in [5, 5.41) is 2.67. The number of amides is 1. The van der Waals surface area contributed by atoms with Crippen molar-refractivity contribution in [3.8, 4) is 0 Å². The summed E-state index contributed by atoms with van der Waals surface area (Å²) in [6.07, 6.45) is -0.457. The summed E-state index contributed by atoms with van der Waals surface area (Å²) >= 11 is 0. The predicted octanol–water partition coefficient (Wildman–Crippen LogP) is 3.66. The van der Waals surface area contributed by atoms with Gasteiger partial charge in [-0.2, -0.15) is 13.2 Å². The lowest BCUT2D eigenvalue weighted by Crippen LogP contribution is -2.33. The van der Waals surface area contributed by atoms with Gasteiger partial charge in [-0.25, -0.2) is 13.1 Å². The molecule has 0 aliphatic heterocycles. The second kappa shape index (κ2) is 7.92. The second-order valence-corrected chi connectivity index (χ2v) is 8.38. The number of nitrogens with one attached hydrogen (secondary N) is 2. The van der Waals surface area contributed by atoms with Gasteiger partial charge in [-0.3, -0.25) is 4.79 Å². The lowest BCUT2D eigenvalue weighted by molar-refractivity contribution is -0.121. The smallest absolute Gasteiger partial charge is 0.322 e. The van der Waals surface area contributed by atoms with Crippen LogP contribution < -0.4 is 10.0 Å². The molecular weight excluding hydrogens is 393 g/mol. The number of sulfonamides is 1. The van der Waals surface area contributed by atoms with E-state index in [9.17, 15) is 26.4 Å². The fourth-order valence-electron chi connectivity index (χ4n) is 3.06. The summed E-state index contributed by atoms with van der Waals surface area (Å²) in [6, 6.07) is 10.5. The fraction of sp³-hybridized carbons (Fsp3) is 0.316. The number of rotatable bonds is 5. The van der Waals surface area contributed by atoms with E-state index in [0.29, 0.717) is 11.3 Å². The standard InChI is InChI=1S/C19H19F3N2O3S/c20-19(21,22)12-23-28(26,27)17-9-7-16(8-10-17)24-18(25)15-6-5-13-3-1-2-4-14(13)11-15/h5-11,23H,1-4,12H2,(H,24,25). The van der Waals surface area contributed by atoms with Crippen LogP contribution in [0.2, 0.25) is 0 Å². The van der Waals surface area contributed by atoms with Crippen molar-refractivity contribution in [3.05, 3.63) is 59.2 Å². The number of anilines is 1. The molecule has 0 fully saturated rings. The average Bonchev–Trinajstić information content (AvgIpc) is 2.66. The van der Waals surface area contributed by atoms with Gasteiger partial charge in [0.2, 0.25) is 10.0 Å². The molecular formula is C19H19F3N2O3S. The SMILES string of the molecule is O=C(Nc1ccc(S(=O)(=O)NCC(F)(F)F)cc1)c1ccc2c(c1)CCCC2. The monoisotopic (exact) mass is 412 g/mol. The highest BCUT2D eigenvalue weighted by Gasteiger charge is 2.30. The first-order chi connectivity index (χ1) is 13.1. The fourth-order valence-corrected chi connectivity index (χ4v) is 4.07. The third kappa shape index (κ3) is 5.11. The Hall–Kier alpha value is -2.39. The summed E-state index contributed by atoms with van der Waals surface area (Å²) in [7, 11) is -4.28. The molecule has 28 heavy (non-hydrogen) atoms. The predicted molar refractivity (Wildman–Crippen MR) is 98.7 cm³/mol. The summed E-state index contributed by atoms with van der Waals surface area (Å²) in [5.74, 6) is -0.334. The molecule has 9 heteroatoms. The first-order valence-electron chi connectivity index (χ1n) is 8.74. The molecule has 150 valence electrons. The van der Waals surface area contributed by atoms with Crippen LogP contribution in [0.1, 0.15) is 34.3 Å². The number of carbonyl (C=O) groups is 1. The maximum atomic E-state index is 12.4. The Morgan fingerprint density at radius 3 is 2.25 bits per heavy atom. The van der Waals surface area contributed by atoms with Crippen LogP contribution in [-0.2, 0) is 22.9 Å². The van der Waals surface area contributed by atoms with Gasteiger partial charge in [0.05, 0.1) is 4.90 Å². The van der Waals surface area contributed by atoms with Gasteiger partial charge in [0.15, 0.2) is 0 Å². The van der Waals surface area contributed by atoms with Crippen LogP contribution in [0.15, 0.2) is 47.4 Å². The van der Waals surface area contributed by atoms with E-state index in [1.54, 1.807) is 6.07 Å². The minimum atomic E-state index is -4.64. The van der Waals surface area contributed by atoms with Gasteiger partial charge in [-0.05, 0) is 73.2 Å². The molecule has 2 aromatic carbocycles. The zero-order chi connectivity index (χ0) is 20.4. The molecule has 2 N–H and O–H groups in total. The lowest BCUT2D eigenvalue weighted by atomic mass is 9.90. The molecule has 0 unspecified atom stereocenters. The highest BCUT2D eigenvalue weighted by atomic mass is 32.2. The maximum Gasteiger partial charge on any atom is 0.402 e. The molecule has 0 saturated heterocycles. The topological polar surface area (TPSA) is 75.3 Å². The number of benzene rings is 2. The van der Waals surface area contributed by atoms with Crippen LogP contribution in [-0.4, -0.2) is 27.0 Å². The number of carbonyl (C=O) groups excluding carboxylic acids is 1. The molecule has 0 saturated carbocycles. The first-order valence-corrected chi connectivity index (χ1v) is 10.2. The van der Waals surface area contributed by atoms with Gasteiger partial charge in [-0.15, -0.1) is 0 Å². The van der Waals surface area contributed by atoms with Gasteiger partial charge in [-0.1, -0.05) is 6.07 Å². The normalized spacial score (nSPS) is 14.4. The van der Waals surface area contributed by atoms with E-state index >= 15 is 0 Å². The van der Waals surface area contributed by atoms with Gasteiger partial charge in [0.25, 0.3) is 5.91 Å². The van der Waals surface area contributed by atoms with Crippen molar-refractivity contribution >= 4 is 21.6 Å². The molecule has 0 heterocycles. The molecule has 0 bridgehead atoms. The Kier molecular flexibility index (Phi) is 5.76. The Balaban J connectivity index is 1.68. The summed E-state index contributed by atoms with van der Waals surface area (Å²) in [5.41, 5.74) is 3.27. The largest absolute Gasteiger partial charge is 0.402 e. The Morgan fingerprint density at radius 2 is 1.61 bits per heavy atom. The van der Waals surface area contributed by atoms with Crippen LogP contribution in [0.5, 0.6) is 0 Å². The molecule has 0 aromatic heterocycles. The quantitative estimate of drug-likeness (QED) is 0.787. The van der Waals surface area contributed by atoms with Gasteiger partial charge in [0, 0.05) is 11.3 Å². The molecule has 1 aliphatic carbocycles. The highest BCUT2D eigenvalue weighted by molar-refractivity contribution is 7.89. The molecule has 0 spiro atoms. The zero-order valence-corrected chi connectivity index (χ0v) is 15.7. The molecule has 0 radical (unpaired) electrons. The molecule has 1 aliphatic rings. The van der Waals surface area contributed by atoms with Crippen molar-refractivity contribution < 1.29 is 26.4 Å². The lowest BCUT2D eigenvalue weighted by Gasteiger charge is -2.16. The van der Waals surface area contributed by atoms with Crippen LogP contribution in [0.3, 0.4) is 0 Å². The Bertz CT molecular complexity index is 971. The van der Waals surface area contributed by atoms with Crippen molar-refractivity contribution in [3.63, 3.8) is 0 Å². The number of fused-ring (bicyclic) bond motifs is 1. The second-order valence-electron chi connectivity index (χ2n) is 6.61. The summed E-state index contributed by atoms with van der Waals surface area (Å²) in [6.45, 7) is -1.65. The van der Waals surface area contributed by atoms with E-state index in [4.69, 9.17) is 0 Å². The number of aryl methyl sites for hydroxylation is 2. The molecule has 0 atom stereocenters. The van der Waals surface area contributed by atoms with E-state index in [1.165, 1.54) is 22.4 Å². The minimum absolute atomic E-state index is 0.316. The molecule has 2 aromatic rings. The van der Waals surface area contributed by atoms with Gasteiger partial charge in [0.1, 0.15) is 6.54 Å². The third-order valence-corrected chi connectivity index (χ3v) is 5.91. The highest BCUT2D eigenvalue weighted by Crippen LogP contribution is 2.23. The third-order valence-electron chi connectivity index (χ3n) is 4.50. The van der Waals surface area contributed by atoms with E-state index in [-0.39, 0.29) is 10.8 Å². The van der Waals surface area contributed by atoms with E-state index in [1.807, 2.05) is 12.1 Å².